The minimum absolute atomic E-state index is 0.278. The molecule has 0 N–H and O–H groups in total. The van der Waals surface area contributed by atoms with Gasteiger partial charge < -0.3 is 4.90 Å². The number of rotatable bonds is 2. The lowest BCUT2D eigenvalue weighted by molar-refractivity contribution is 0.597. The van der Waals surface area contributed by atoms with E-state index in [0.29, 0.717) is 17.3 Å². The van der Waals surface area contributed by atoms with Crippen LogP contribution in [0, 0.1) is 17.1 Å². The fourth-order valence-electron chi connectivity index (χ4n) is 2.39. The van der Waals surface area contributed by atoms with Crippen molar-refractivity contribution in [2.75, 3.05) is 11.4 Å². The number of anilines is 1. The molecule has 1 aromatic rings. The monoisotopic (exact) mass is 218 g/mol. The van der Waals surface area contributed by atoms with Crippen LogP contribution < -0.4 is 4.90 Å². The summed E-state index contributed by atoms with van der Waals surface area (Å²) in [6.07, 6.45) is 3.30. The number of halogens is 1. The van der Waals surface area contributed by atoms with Crippen molar-refractivity contribution in [3.05, 3.63) is 29.6 Å². The second-order valence-corrected chi connectivity index (χ2v) is 4.18. The molecule has 1 aliphatic heterocycles. The summed E-state index contributed by atoms with van der Waals surface area (Å²) in [5.74, 6) is -0.278. The van der Waals surface area contributed by atoms with Crippen LogP contribution in [0.25, 0.3) is 0 Å². The van der Waals surface area contributed by atoms with Gasteiger partial charge in [-0.05, 0) is 37.5 Å². The lowest BCUT2D eigenvalue weighted by Crippen LogP contribution is -2.29. The largest absolute Gasteiger partial charge is 0.366 e. The molecule has 0 aliphatic carbocycles. The Balaban J connectivity index is 2.30. The second kappa shape index (κ2) is 4.52. The number of hydrogen-bond donors (Lipinski definition) is 0. The van der Waals surface area contributed by atoms with Crippen molar-refractivity contribution in [1.82, 2.24) is 0 Å². The van der Waals surface area contributed by atoms with Crippen LogP contribution in [-0.2, 0) is 0 Å². The van der Waals surface area contributed by atoms with E-state index < -0.39 is 0 Å². The van der Waals surface area contributed by atoms with Crippen molar-refractivity contribution >= 4 is 5.69 Å². The molecular weight excluding hydrogens is 203 g/mol. The van der Waals surface area contributed by atoms with Crippen molar-refractivity contribution < 1.29 is 4.39 Å². The van der Waals surface area contributed by atoms with E-state index in [1.54, 1.807) is 12.1 Å². The highest BCUT2D eigenvalue weighted by Crippen LogP contribution is 2.29. The van der Waals surface area contributed by atoms with Crippen LogP contribution in [0.5, 0.6) is 0 Å². The molecule has 0 amide bonds. The summed E-state index contributed by atoms with van der Waals surface area (Å²) in [6, 6.07) is 7.13. The predicted octanol–water partition coefficient (Wildman–Crippen LogP) is 3.08. The fraction of sp³-hybridized carbons (Fsp3) is 0.462. The average Bonchev–Trinajstić information content (AvgIpc) is 2.76. The number of benzene rings is 1. The molecule has 0 saturated carbocycles. The van der Waals surface area contributed by atoms with E-state index in [9.17, 15) is 4.39 Å². The minimum Gasteiger partial charge on any atom is -0.366 e. The summed E-state index contributed by atoms with van der Waals surface area (Å²) in [5.41, 5.74) is 1.02. The Morgan fingerprint density at radius 3 is 3.00 bits per heavy atom. The first kappa shape index (κ1) is 10.9. The fourth-order valence-corrected chi connectivity index (χ4v) is 2.39. The first-order valence-corrected chi connectivity index (χ1v) is 5.72. The Kier molecular flexibility index (Phi) is 3.09. The van der Waals surface area contributed by atoms with Crippen LogP contribution in [0.1, 0.15) is 31.7 Å². The van der Waals surface area contributed by atoms with E-state index in [1.807, 2.05) is 6.07 Å². The smallest absolute Gasteiger partial charge is 0.147 e. The van der Waals surface area contributed by atoms with E-state index in [2.05, 4.69) is 11.8 Å². The van der Waals surface area contributed by atoms with E-state index >= 15 is 0 Å². The zero-order valence-corrected chi connectivity index (χ0v) is 9.41. The van der Waals surface area contributed by atoms with Crippen molar-refractivity contribution in [2.45, 2.75) is 32.2 Å². The third kappa shape index (κ3) is 1.88. The summed E-state index contributed by atoms with van der Waals surface area (Å²) >= 11 is 0. The Labute approximate surface area is 95.3 Å². The van der Waals surface area contributed by atoms with Crippen molar-refractivity contribution in [2.24, 2.45) is 0 Å². The summed E-state index contributed by atoms with van der Waals surface area (Å²) in [6.45, 7) is 3.05. The maximum atomic E-state index is 13.8. The molecule has 1 aliphatic rings. The first-order chi connectivity index (χ1) is 7.76. The molecule has 84 valence electrons. The van der Waals surface area contributed by atoms with E-state index in [0.717, 1.165) is 25.8 Å². The molecule has 0 aromatic heterocycles. The predicted molar refractivity (Wildman–Crippen MR) is 61.8 cm³/mol. The summed E-state index contributed by atoms with van der Waals surface area (Å²) < 4.78 is 13.8. The summed E-state index contributed by atoms with van der Waals surface area (Å²) in [5, 5.41) is 8.69. The van der Waals surface area contributed by atoms with E-state index in [1.165, 1.54) is 6.07 Å². The molecule has 1 unspecified atom stereocenters. The number of nitriles is 1. The Bertz CT molecular complexity index is 422. The van der Waals surface area contributed by atoms with E-state index in [-0.39, 0.29) is 5.82 Å². The topological polar surface area (TPSA) is 27.0 Å². The highest BCUT2D eigenvalue weighted by molar-refractivity contribution is 5.52. The van der Waals surface area contributed by atoms with Gasteiger partial charge in [0, 0.05) is 12.6 Å². The number of nitrogens with zero attached hydrogens (tertiary/aromatic N) is 2. The Morgan fingerprint density at radius 1 is 1.56 bits per heavy atom. The van der Waals surface area contributed by atoms with Crippen LogP contribution in [0.2, 0.25) is 0 Å². The minimum atomic E-state index is -0.278. The third-order valence-electron chi connectivity index (χ3n) is 3.23. The molecule has 1 atom stereocenters. The Hall–Kier alpha value is -1.56. The Morgan fingerprint density at radius 2 is 2.38 bits per heavy atom. The van der Waals surface area contributed by atoms with Gasteiger partial charge in [-0.3, -0.25) is 0 Å². The van der Waals surface area contributed by atoms with Crippen LogP contribution >= 0.6 is 0 Å². The third-order valence-corrected chi connectivity index (χ3v) is 3.23. The molecule has 0 bridgehead atoms. The molecule has 2 nitrogen and oxygen atoms in total. The SMILES string of the molecule is CCC1CCCN1c1ccc(C#N)cc1F. The summed E-state index contributed by atoms with van der Waals surface area (Å²) in [7, 11) is 0. The van der Waals surface area contributed by atoms with Crippen LogP contribution in [0.15, 0.2) is 18.2 Å². The van der Waals surface area contributed by atoms with Gasteiger partial charge in [0.1, 0.15) is 5.82 Å². The zero-order chi connectivity index (χ0) is 11.5. The van der Waals surface area contributed by atoms with Crippen molar-refractivity contribution in [3.63, 3.8) is 0 Å². The molecule has 1 heterocycles. The molecule has 1 aromatic carbocycles. The lowest BCUT2D eigenvalue weighted by atomic mass is 10.1. The van der Waals surface area contributed by atoms with Crippen LogP contribution in [-0.4, -0.2) is 12.6 Å². The molecule has 3 heteroatoms. The normalized spacial score (nSPS) is 19.8. The number of hydrogen-bond acceptors (Lipinski definition) is 2. The quantitative estimate of drug-likeness (QED) is 0.762. The maximum Gasteiger partial charge on any atom is 0.147 e. The van der Waals surface area contributed by atoms with Gasteiger partial charge in [0.2, 0.25) is 0 Å². The second-order valence-electron chi connectivity index (χ2n) is 4.18. The van der Waals surface area contributed by atoms with Crippen molar-refractivity contribution in [3.8, 4) is 6.07 Å². The molecule has 0 radical (unpaired) electrons. The zero-order valence-electron chi connectivity index (χ0n) is 9.41. The van der Waals surface area contributed by atoms with Gasteiger partial charge in [-0.25, -0.2) is 4.39 Å². The van der Waals surface area contributed by atoms with Crippen LogP contribution in [0.4, 0.5) is 10.1 Å². The van der Waals surface area contributed by atoms with Gasteiger partial charge in [-0.2, -0.15) is 5.26 Å². The van der Waals surface area contributed by atoms with Gasteiger partial charge in [0.25, 0.3) is 0 Å². The molecule has 1 saturated heterocycles. The average molecular weight is 218 g/mol. The molecule has 0 spiro atoms. The van der Waals surface area contributed by atoms with Gasteiger partial charge in [-0.1, -0.05) is 6.92 Å². The highest BCUT2D eigenvalue weighted by Gasteiger charge is 2.25. The van der Waals surface area contributed by atoms with E-state index in [4.69, 9.17) is 5.26 Å². The van der Waals surface area contributed by atoms with Crippen molar-refractivity contribution in [1.29, 1.82) is 5.26 Å². The van der Waals surface area contributed by atoms with Crippen LogP contribution in [0.3, 0.4) is 0 Å². The van der Waals surface area contributed by atoms with Gasteiger partial charge in [-0.15, -0.1) is 0 Å². The molecule has 2 rings (SSSR count). The molecule has 1 fully saturated rings. The maximum absolute atomic E-state index is 13.8. The standard InChI is InChI=1S/C13H15FN2/c1-2-11-4-3-7-16(11)13-6-5-10(9-15)8-12(13)14/h5-6,8,11H,2-4,7H2,1H3. The highest BCUT2D eigenvalue weighted by atomic mass is 19.1. The van der Waals surface area contributed by atoms with Gasteiger partial charge in [0.15, 0.2) is 0 Å². The van der Waals surface area contributed by atoms with Gasteiger partial charge in [0.05, 0.1) is 17.3 Å². The molecular formula is C13H15FN2. The van der Waals surface area contributed by atoms with Gasteiger partial charge >= 0.3 is 0 Å². The lowest BCUT2D eigenvalue weighted by Gasteiger charge is -2.26. The summed E-state index contributed by atoms with van der Waals surface area (Å²) in [4.78, 5) is 2.12. The molecule has 16 heavy (non-hydrogen) atoms. The first-order valence-electron chi connectivity index (χ1n) is 5.72.